The molecule has 18 heavy (non-hydrogen) atoms. The first-order chi connectivity index (χ1) is 8.63. The summed E-state index contributed by atoms with van der Waals surface area (Å²) in [6, 6.07) is 12.0. The number of nitrogens with zero attached hydrogens (tertiary/aromatic N) is 1. The summed E-state index contributed by atoms with van der Waals surface area (Å²) in [7, 11) is 0. The number of hydrogen-bond donors (Lipinski definition) is 1. The van der Waals surface area contributed by atoms with Crippen molar-refractivity contribution in [1.29, 1.82) is 0 Å². The Hall–Kier alpha value is -1.87. The van der Waals surface area contributed by atoms with Crippen LogP contribution < -0.4 is 11.3 Å². The van der Waals surface area contributed by atoms with Crippen LogP contribution in [0.3, 0.4) is 0 Å². The van der Waals surface area contributed by atoms with E-state index < -0.39 is 0 Å². The average Bonchev–Trinajstić information content (AvgIpc) is 2.36. The van der Waals surface area contributed by atoms with Gasteiger partial charge in [-0.25, -0.2) is 0 Å². The van der Waals surface area contributed by atoms with Gasteiger partial charge >= 0.3 is 0 Å². The monoisotopic (exact) mass is 242 g/mol. The lowest BCUT2D eigenvalue weighted by Crippen LogP contribution is -2.28. The molecule has 2 N–H and O–H groups in total. The van der Waals surface area contributed by atoms with Crippen molar-refractivity contribution in [3.8, 4) is 0 Å². The zero-order chi connectivity index (χ0) is 13.1. The molecule has 0 atom stereocenters. The quantitative estimate of drug-likeness (QED) is 0.894. The van der Waals surface area contributed by atoms with Crippen LogP contribution in [0, 0.1) is 13.8 Å². The molecule has 3 heteroatoms. The Morgan fingerprint density at radius 1 is 1.17 bits per heavy atom. The average molecular weight is 242 g/mol. The number of hydrogen-bond acceptors (Lipinski definition) is 2. The Balaban J connectivity index is 2.49. The maximum atomic E-state index is 12.3. The van der Waals surface area contributed by atoms with E-state index in [1.807, 2.05) is 50.2 Å². The fourth-order valence-electron chi connectivity index (χ4n) is 2.18. The molecule has 0 fully saturated rings. The van der Waals surface area contributed by atoms with Gasteiger partial charge < -0.3 is 10.3 Å². The molecule has 1 aromatic carbocycles. The second kappa shape index (κ2) is 5.19. The van der Waals surface area contributed by atoms with Crippen LogP contribution in [0.25, 0.3) is 0 Å². The molecular weight excluding hydrogens is 224 g/mol. The van der Waals surface area contributed by atoms with Crippen LogP contribution >= 0.6 is 0 Å². The second-order valence-electron chi connectivity index (χ2n) is 4.53. The zero-order valence-electron chi connectivity index (χ0n) is 10.8. The molecule has 0 spiro atoms. The highest BCUT2D eigenvalue weighted by molar-refractivity contribution is 5.27. The molecule has 0 saturated carbocycles. The fourth-order valence-corrected chi connectivity index (χ4v) is 2.18. The minimum atomic E-state index is 0.0267. The first-order valence-electron chi connectivity index (χ1n) is 6.07. The number of pyridine rings is 1. The van der Waals surface area contributed by atoms with E-state index in [2.05, 4.69) is 0 Å². The molecule has 0 bridgehead atoms. The topological polar surface area (TPSA) is 48.0 Å². The van der Waals surface area contributed by atoms with Crippen molar-refractivity contribution in [3.63, 3.8) is 0 Å². The number of benzene rings is 1. The predicted octanol–water partition coefficient (Wildman–Crippen LogP) is 1.97. The third-order valence-corrected chi connectivity index (χ3v) is 3.22. The highest BCUT2D eigenvalue weighted by atomic mass is 16.1. The first-order valence-corrected chi connectivity index (χ1v) is 6.07. The Bertz CT molecular complexity index is 600. The largest absolute Gasteiger partial charge is 0.326 e. The maximum Gasteiger partial charge on any atom is 0.255 e. The molecular formula is C15H18N2O. The van der Waals surface area contributed by atoms with Gasteiger partial charge in [0.15, 0.2) is 0 Å². The lowest BCUT2D eigenvalue weighted by atomic mass is 10.1. The van der Waals surface area contributed by atoms with Gasteiger partial charge in [-0.2, -0.15) is 0 Å². The number of rotatable bonds is 3. The molecule has 0 aliphatic carbocycles. The van der Waals surface area contributed by atoms with Gasteiger partial charge in [-0.3, -0.25) is 4.79 Å². The van der Waals surface area contributed by atoms with E-state index in [1.165, 1.54) is 0 Å². The molecule has 1 heterocycles. The molecule has 2 rings (SSSR count). The minimum Gasteiger partial charge on any atom is -0.326 e. The van der Waals surface area contributed by atoms with E-state index in [0.717, 1.165) is 16.8 Å². The number of nitrogens with two attached hydrogens (primary N) is 1. The SMILES string of the molecule is Cc1cc(C)n(Cc2ccccc2)c(=O)c1CN. The van der Waals surface area contributed by atoms with Gasteiger partial charge in [0.25, 0.3) is 5.56 Å². The van der Waals surface area contributed by atoms with Gasteiger partial charge in [-0.1, -0.05) is 30.3 Å². The Morgan fingerprint density at radius 2 is 1.83 bits per heavy atom. The normalized spacial score (nSPS) is 10.6. The molecule has 0 saturated heterocycles. The van der Waals surface area contributed by atoms with Gasteiger partial charge in [0.1, 0.15) is 0 Å². The first kappa shape index (κ1) is 12.6. The van der Waals surface area contributed by atoms with Gasteiger partial charge in [-0.15, -0.1) is 0 Å². The van der Waals surface area contributed by atoms with Crippen LogP contribution in [0.1, 0.15) is 22.4 Å². The Morgan fingerprint density at radius 3 is 2.44 bits per heavy atom. The van der Waals surface area contributed by atoms with Crippen molar-refractivity contribution >= 4 is 0 Å². The van der Waals surface area contributed by atoms with Gasteiger partial charge in [0.2, 0.25) is 0 Å². The zero-order valence-corrected chi connectivity index (χ0v) is 10.8. The number of aromatic nitrogens is 1. The van der Waals surface area contributed by atoms with Crippen LogP contribution in [0.4, 0.5) is 0 Å². The standard InChI is InChI=1S/C15H18N2O/c1-11-8-12(2)17(15(18)14(11)9-16)10-13-6-4-3-5-7-13/h3-8H,9-10,16H2,1-2H3. The van der Waals surface area contributed by atoms with Crippen LogP contribution in [0.5, 0.6) is 0 Å². The van der Waals surface area contributed by atoms with Crippen molar-refractivity contribution in [3.05, 3.63) is 69.1 Å². The lowest BCUT2D eigenvalue weighted by Gasteiger charge is -2.13. The van der Waals surface area contributed by atoms with E-state index >= 15 is 0 Å². The molecule has 0 aliphatic heterocycles. The summed E-state index contributed by atoms with van der Waals surface area (Å²) in [6.07, 6.45) is 0. The minimum absolute atomic E-state index is 0.0267. The van der Waals surface area contributed by atoms with E-state index in [4.69, 9.17) is 5.73 Å². The Labute approximate surface area is 107 Å². The lowest BCUT2D eigenvalue weighted by molar-refractivity contribution is 0.712. The summed E-state index contributed by atoms with van der Waals surface area (Å²) < 4.78 is 1.78. The van der Waals surface area contributed by atoms with Crippen LogP contribution in [-0.4, -0.2) is 4.57 Å². The third kappa shape index (κ3) is 2.36. The van der Waals surface area contributed by atoms with Gasteiger partial charge in [0.05, 0.1) is 6.54 Å². The fraction of sp³-hybridized carbons (Fsp3) is 0.267. The van der Waals surface area contributed by atoms with Crippen LogP contribution in [0.15, 0.2) is 41.2 Å². The maximum absolute atomic E-state index is 12.3. The summed E-state index contributed by atoms with van der Waals surface area (Å²) in [5.74, 6) is 0. The van der Waals surface area contributed by atoms with E-state index in [0.29, 0.717) is 18.7 Å². The molecule has 0 radical (unpaired) electrons. The second-order valence-corrected chi connectivity index (χ2v) is 4.53. The Kier molecular flexibility index (Phi) is 3.63. The van der Waals surface area contributed by atoms with Crippen molar-refractivity contribution < 1.29 is 0 Å². The van der Waals surface area contributed by atoms with Crippen LogP contribution in [0.2, 0.25) is 0 Å². The van der Waals surface area contributed by atoms with Gasteiger partial charge in [-0.05, 0) is 31.0 Å². The van der Waals surface area contributed by atoms with Crippen molar-refractivity contribution in [2.45, 2.75) is 26.9 Å². The highest BCUT2D eigenvalue weighted by Crippen LogP contribution is 2.08. The van der Waals surface area contributed by atoms with E-state index in [-0.39, 0.29) is 5.56 Å². The van der Waals surface area contributed by atoms with Crippen LogP contribution in [-0.2, 0) is 13.1 Å². The number of aryl methyl sites for hydroxylation is 2. The third-order valence-electron chi connectivity index (χ3n) is 3.22. The van der Waals surface area contributed by atoms with Crippen molar-refractivity contribution in [2.24, 2.45) is 5.73 Å². The molecule has 0 aliphatic rings. The summed E-state index contributed by atoms with van der Waals surface area (Å²) in [6.45, 7) is 4.78. The summed E-state index contributed by atoms with van der Waals surface area (Å²) in [5.41, 5.74) is 9.45. The van der Waals surface area contributed by atoms with E-state index in [1.54, 1.807) is 4.57 Å². The van der Waals surface area contributed by atoms with Gasteiger partial charge in [0, 0.05) is 17.8 Å². The molecule has 0 amide bonds. The molecule has 0 unspecified atom stereocenters. The molecule has 3 nitrogen and oxygen atoms in total. The summed E-state index contributed by atoms with van der Waals surface area (Å²) in [4.78, 5) is 12.3. The van der Waals surface area contributed by atoms with Crippen molar-refractivity contribution in [2.75, 3.05) is 0 Å². The molecule has 94 valence electrons. The predicted molar refractivity (Wildman–Crippen MR) is 73.6 cm³/mol. The summed E-state index contributed by atoms with van der Waals surface area (Å²) >= 11 is 0. The highest BCUT2D eigenvalue weighted by Gasteiger charge is 2.09. The van der Waals surface area contributed by atoms with E-state index in [9.17, 15) is 4.79 Å². The summed E-state index contributed by atoms with van der Waals surface area (Å²) in [5, 5.41) is 0. The molecule has 1 aromatic heterocycles. The van der Waals surface area contributed by atoms with Crippen molar-refractivity contribution in [1.82, 2.24) is 4.57 Å². The smallest absolute Gasteiger partial charge is 0.255 e. The molecule has 2 aromatic rings.